The molecule has 0 aliphatic heterocycles. The van der Waals surface area contributed by atoms with Crippen LogP contribution in [0.25, 0.3) is 0 Å². The van der Waals surface area contributed by atoms with Crippen LogP contribution in [0.1, 0.15) is 29.9 Å². The molecule has 0 unspecified atom stereocenters. The van der Waals surface area contributed by atoms with E-state index in [0.29, 0.717) is 24.6 Å². The van der Waals surface area contributed by atoms with E-state index in [-0.39, 0.29) is 5.91 Å². The van der Waals surface area contributed by atoms with Crippen LogP contribution in [0, 0.1) is 6.92 Å². The maximum Gasteiger partial charge on any atom is 0.272 e. The Labute approximate surface area is 138 Å². The molecule has 0 bridgehead atoms. The van der Waals surface area contributed by atoms with E-state index in [2.05, 4.69) is 31.2 Å². The number of nitrogens with one attached hydrogen (secondary N) is 1. The molecule has 2 rings (SSSR count). The van der Waals surface area contributed by atoms with E-state index in [0.717, 1.165) is 15.7 Å². The van der Waals surface area contributed by atoms with Crippen LogP contribution in [-0.4, -0.2) is 33.9 Å². The number of anilines is 2. The minimum atomic E-state index is -0.0806. The van der Waals surface area contributed by atoms with Crippen LogP contribution in [-0.2, 0) is 0 Å². The van der Waals surface area contributed by atoms with E-state index >= 15 is 0 Å². The summed E-state index contributed by atoms with van der Waals surface area (Å²) in [7, 11) is 0. The maximum atomic E-state index is 12.3. The van der Waals surface area contributed by atoms with Crippen LogP contribution in [0.4, 0.5) is 11.5 Å². The van der Waals surface area contributed by atoms with Gasteiger partial charge in [-0.2, -0.15) is 0 Å². The van der Waals surface area contributed by atoms with Crippen molar-refractivity contribution in [1.29, 1.82) is 0 Å². The summed E-state index contributed by atoms with van der Waals surface area (Å²) in [5, 5.41) is 3.23. The predicted molar refractivity (Wildman–Crippen MR) is 91.4 cm³/mol. The molecule has 1 heterocycles. The average Bonchev–Trinajstić information content (AvgIpc) is 2.51. The Morgan fingerprint density at radius 3 is 2.59 bits per heavy atom. The Hall–Kier alpha value is -1.95. The fourth-order valence-corrected chi connectivity index (χ4v) is 2.60. The number of amides is 1. The third-order valence-electron chi connectivity index (χ3n) is 3.39. The van der Waals surface area contributed by atoms with Crippen molar-refractivity contribution in [2.45, 2.75) is 20.8 Å². The molecule has 1 aromatic carbocycles. The summed E-state index contributed by atoms with van der Waals surface area (Å²) in [5.74, 6) is 0.527. The first kappa shape index (κ1) is 16.4. The molecular formula is C16H19BrN4O. The van der Waals surface area contributed by atoms with Crippen molar-refractivity contribution in [2.75, 3.05) is 18.4 Å². The Morgan fingerprint density at radius 1 is 1.23 bits per heavy atom. The van der Waals surface area contributed by atoms with Gasteiger partial charge < -0.3 is 10.2 Å². The third-order valence-corrected chi connectivity index (χ3v) is 3.88. The van der Waals surface area contributed by atoms with Crippen LogP contribution in [0.3, 0.4) is 0 Å². The molecule has 0 aliphatic carbocycles. The number of halogens is 1. The van der Waals surface area contributed by atoms with E-state index in [4.69, 9.17) is 0 Å². The second-order valence-electron chi connectivity index (χ2n) is 4.85. The van der Waals surface area contributed by atoms with Crippen LogP contribution in [0.2, 0.25) is 0 Å². The van der Waals surface area contributed by atoms with Gasteiger partial charge in [0.2, 0.25) is 0 Å². The Bertz CT molecular complexity index is 671. The van der Waals surface area contributed by atoms with Gasteiger partial charge in [0.1, 0.15) is 17.8 Å². The molecule has 1 aromatic heterocycles. The van der Waals surface area contributed by atoms with Gasteiger partial charge in [0.25, 0.3) is 5.91 Å². The summed E-state index contributed by atoms with van der Waals surface area (Å²) < 4.78 is 1.02. The minimum absolute atomic E-state index is 0.0806. The van der Waals surface area contributed by atoms with Crippen LogP contribution < -0.4 is 5.32 Å². The lowest BCUT2D eigenvalue weighted by molar-refractivity contribution is 0.0767. The Balaban J connectivity index is 2.23. The van der Waals surface area contributed by atoms with Gasteiger partial charge in [0, 0.05) is 29.3 Å². The maximum absolute atomic E-state index is 12.3. The first-order valence-electron chi connectivity index (χ1n) is 7.19. The molecule has 0 aliphatic rings. The standard InChI is InChI=1S/C16H19BrN4O/c1-4-21(5-2)16(22)14-9-15(19-10-18-14)20-13-7-6-12(17)8-11(13)3/h6-10H,4-5H2,1-3H3,(H,18,19,20). The van der Waals surface area contributed by atoms with Crippen LogP contribution >= 0.6 is 15.9 Å². The Kier molecular flexibility index (Phi) is 5.49. The Morgan fingerprint density at radius 2 is 1.95 bits per heavy atom. The first-order chi connectivity index (χ1) is 10.5. The highest BCUT2D eigenvalue weighted by atomic mass is 79.9. The molecule has 0 spiro atoms. The van der Waals surface area contributed by atoms with Crippen molar-refractivity contribution < 1.29 is 4.79 Å². The topological polar surface area (TPSA) is 58.1 Å². The zero-order valence-electron chi connectivity index (χ0n) is 12.9. The molecule has 116 valence electrons. The smallest absolute Gasteiger partial charge is 0.272 e. The number of rotatable bonds is 5. The van der Waals surface area contributed by atoms with Gasteiger partial charge in [0.15, 0.2) is 0 Å². The highest BCUT2D eigenvalue weighted by Crippen LogP contribution is 2.23. The minimum Gasteiger partial charge on any atom is -0.340 e. The van der Waals surface area contributed by atoms with Crippen molar-refractivity contribution in [3.63, 3.8) is 0 Å². The van der Waals surface area contributed by atoms with Crippen molar-refractivity contribution in [3.05, 3.63) is 46.3 Å². The zero-order valence-corrected chi connectivity index (χ0v) is 14.5. The van der Waals surface area contributed by atoms with Crippen molar-refractivity contribution in [2.24, 2.45) is 0 Å². The number of aryl methyl sites for hydroxylation is 1. The lowest BCUT2D eigenvalue weighted by atomic mass is 10.2. The van der Waals surface area contributed by atoms with Crippen molar-refractivity contribution >= 4 is 33.3 Å². The van der Waals surface area contributed by atoms with Crippen molar-refractivity contribution in [3.8, 4) is 0 Å². The molecular weight excluding hydrogens is 344 g/mol. The normalized spacial score (nSPS) is 10.4. The van der Waals surface area contributed by atoms with Crippen LogP contribution in [0.5, 0.6) is 0 Å². The van der Waals surface area contributed by atoms with E-state index in [1.165, 1.54) is 6.33 Å². The molecule has 0 saturated heterocycles. The van der Waals surface area contributed by atoms with E-state index in [9.17, 15) is 4.79 Å². The second-order valence-corrected chi connectivity index (χ2v) is 5.77. The van der Waals surface area contributed by atoms with Gasteiger partial charge >= 0.3 is 0 Å². The number of nitrogens with zero attached hydrogens (tertiary/aromatic N) is 3. The number of benzene rings is 1. The molecule has 0 saturated carbocycles. The van der Waals surface area contributed by atoms with E-state index in [1.54, 1.807) is 11.0 Å². The summed E-state index contributed by atoms with van der Waals surface area (Å²) in [6.07, 6.45) is 1.41. The fraction of sp³-hybridized carbons (Fsp3) is 0.312. The van der Waals surface area contributed by atoms with Crippen LogP contribution in [0.15, 0.2) is 35.1 Å². The van der Waals surface area contributed by atoms with Gasteiger partial charge in [-0.1, -0.05) is 15.9 Å². The lowest BCUT2D eigenvalue weighted by Crippen LogP contribution is -2.31. The summed E-state index contributed by atoms with van der Waals surface area (Å²) in [4.78, 5) is 22.3. The number of carbonyl (C=O) groups excluding carboxylic acids is 1. The summed E-state index contributed by atoms with van der Waals surface area (Å²) in [6, 6.07) is 7.62. The summed E-state index contributed by atoms with van der Waals surface area (Å²) >= 11 is 3.44. The molecule has 2 aromatic rings. The number of hydrogen-bond donors (Lipinski definition) is 1. The lowest BCUT2D eigenvalue weighted by Gasteiger charge is -2.18. The van der Waals surface area contributed by atoms with Gasteiger partial charge in [-0.15, -0.1) is 0 Å². The monoisotopic (exact) mass is 362 g/mol. The molecule has 6 heteroatoms. The van der Waals surface area contributed by atoms with E-state index < -0.39 is 0 Å². The highest BCUT2D eigenvalue weighted by molar-refractivity contribution is 9.10. The number of hydrogen-bond acceptors (Lipinski definition) is 4. The molecule has 22 heavy (non-hydrogen) atoms. The van der Waals surface area contributed by atoms with Gasteiger partial charge in [-0.25, -0.2) is 9.97 Å². The van der Waals surface area contributed by atoms with Crippen molar-refractivity contribution in [1.82, 2.24) is 14.9 Å². The van der Waals surface area contributed by atoms with E-state index in [1.807, 2.05) is 39.0 Å². The molecule has 0 radical (unpaired) electrons. The SMILES string of the molecule is CCN(CC)C(=O)c1cc(Nc2ccc(Br)cc2C)ncn1. The van der Waals surface area contributed by atoms with Gasteiger partial charge in [-0.05, 0) is 44.5 Å². The molecule has 5 nitrogen and oxygen atoms in total. The first-order valence-corrected chi connectivity index (χ1v) is 7.99. The molecule has 1 N–H and O–H groups in total. The molecule has 0 fully saturated rings. The third kappa shape index (κ3) is 3.82. The zero-order chi connectivity index (χ0) is 16.1. The molecule has 1 amide bonds. The number of carbonyl (C=O) groups is 1. The quantitative estimate of drug-likeness (QED) is 0.879. The molecule has 0 atom stereocenters. The fourth-order valence-electron chi connectivity index (χ4n) is 2.12. The average molecular weight is 363 g/mol. The second kappa shape index (κ2) is 7.35. The summed E-state index contributed by atoms with van der Waals surface area (Å²) in [6.45, 7) is 7.23. The largest absolute Gasteiger partial charge is 0.340 e. The predicted octanol–water partition coefficient (Wildman–Crippen LogP) is 3.77. The van der Waals surface area contributed by atoms with Gasteiger partial charge in [-0.3, -0.25) is 4.79 Å². The highest BCUT2D eigenvalue weighted by Gasteiger charge is 2.14. The number of aromatic nitrogens is 2. The summed E-state index contributed by atoms with van der Waals surface area (Å²) in [5.41, 5.74) is 2.43. The van der Waals surface area contributed by atoms with Gasteiger partial charge in [0.05, 0.1) is 0 Å².